The first-order valence-electron chi connectivity index (χ1n) is 5.74. The number of hydrogen-bond acceptors (Lipinski definition) is 3. The lowest BCUT2D eigenvalue weighted by Crippen LogP contribution is -2.41. The quantitative estimate of drug-likeness (QED) is 0.826. The summed E-state index contributed by atoms with van der Waals surface area (Å²) in [5.41, 5.74) is 0.643. The number of hydrogen-bond donors (Lipinski definition) is 2. The van der Waals surface area contributed by atoms with Crippen molar-refractivity contribution in [1.82, 2.24) is 5.32 Å². The minimum absolute atomic E-state index is 0.0164. The molecule has 0 aromatic heterocycles. The predicted molar refractivity (Wildman–Crippen MR) is 72.1 cm³/mol. The summed E-state index contributed by atoms with van der Waals surface area (Å²) < 4.78 is 12.9. The second-order valence-electron chi connectivity index (χ2n) is 4.12. The summed E-state index contributed by atoms with van der Waals surface area (Å²) in [7, 11) is 0. The maximum Gasteiger partial charge on any atom is 0.224 e. The third-order valence-corrected chi connectivity index (χ3v) is 3.85. The Morgan fingerprint density at radius 2 is 2.28 bits per heavy atom. The van der Waals surface area contributed by atoms with Gasteiger partial charge >= 0.3 is 0 Å². The van der Waals surface area contributed by atoms with Gasteiger partial charge in [-0.15, -0.1) is 0 Å². The van der Waals surface area contributed by atoms with E-state index in [1.165, 1.54) is 23.9 Å². The maximum absolute atomic E-state index is 12.9. The van der Waals surface area contributed by atoms with Crippen LogP contribution in [-0.4, -0.2) is 35.2 Å². The highest BCUT2D eigenvalue weighted by molar-refractivity contribution is 7.99. The van der Waals surface area contributed by atoms with Gasteiger partial charge in [0.25, 0.3) is 0 Å². The first-order chi connectivity index (χ1) is 8.56. The number of rotatable bonds is 6. The molecule has 0 aliphatic heterocycles. The molecule has 0 bridgehead atoms. The third-order valence-electron chi connectivity index (χ3n) is 2.68. The van der Waals surface area contributed by atoms with E-state index in [4.69, 9.17) is 5.11 Å². The van der Waals surface area contributed by atoms with Gasteiger partial charge in [-0.05, 0) is 30.9 Å². The molecule has 2 atom stereocenters. The van der Waals surface area contributed by atoms with E-state index in [0.29, 0.717) is 5.56 Å². The van der Waals surface area contributed by atoms with Gasteiger partial charge in [0.2, 0.25) is 5.91 Å². The van der Waals surface area contributed by atoms with Crippen LogP contribution in [0.2, 0.25) is 0 Å². The molecule has 1 amide bonds. The zero-order chi connectivity index (χ0) is 13.5. The van der Waals surface area contributed by atoms with Gasteiger partial charge in [0.1, 0.15) is 5.82 Å². The number of aliphatic hydroxyl groups excluding tert-OH is 1. The van der Waals surface area contributed by atoms with E-state index >= 15 is 0 Å². The summed E-state index contributed by atoms with van der Waals surface area (Å²) in [6.07, 6.45) is 2.03. The Morgan fingerprint density at radius 3 is 2.83 bits per heavy atom. The van der Waals surface area contributed by atoms with E-state index in [1.54, 1.807) is 12.1 Å². The number of aliphatic hydroxyl groups is 1. The van der Waals surface area contributed by atoms with Crippen molar-refractivity contribution in [1.29, 1.82) is 0 Å². The van der Waals surface area contributed by atoms with Gasteiger partial charge in [0.15, 0.2) is 0 Å². The number of benzene rings is 1. The summed E-state index contributed by atoms with van der Waals surface area (Å²) in [6.45, 7) is 1.86. The number of nitrogens with one attached hydrogen (secondary N) is 1. The minimum Gasteiger partial charge on any atom is -0.395 e. The average Bonchev–Trinajstić information content (AvgIpc) is 2.30. The number of carbonyl (C=O) groups is 1. The normalized spacial score (nSPS) is 14.0. The second-order valence-corrected chi connectivity index (χ2v) is 5.20. The molecule has 1 aromatic rings. The molecule has 0 fully saturated rings. The van der Waals surface area contributed by atoms with E-state index in [9.17, 15) is 9.18 Å². The van der Waals surface area contributed by atoms with Crippen molar-refractivity contribution in [3.8, 4) is 0 Å². The van der Waals surface area contributed by atoms with Crippen LogP contribution < -0.4 is 5.32 Å². The summed E-state index contributed by atoms with van der Waals surface area (Å²) >= 11 is 1.50. The Hall–Kier alpha value is -1.07. The van der Waals surface area contributed by atoms with Crippen molar-refractivity contribution in [2.75, 3.05) is 12.9 Å². The first-order valence-corrected chi connectivity index (χ1v) is 7.03. The van der Waals surface area contributed by atoms with Crippen molar-refractivity contribution < 1.29 is 14.3 Å². The number of halogens is 1. The molecule has 100 valence electrons. The van der Waals surface area contributed by atoms with Gasteiger partial charge in [-0.1, -0.05) is 12.1 Å². The lowest BCUT2D eigenvalue weighted by Gasteiger charge is -2.21. The van der Waals surface area contributed by atoms with E-state index in [2.05, 4.69) is 5.32 Å². The standard InChI is InChI=1S/C13H18FNO2S/c1-9(12(8-16)18-2)15-13(17)7-10-4-3-5-11(14)6-10/h3-6,9,12,16H,7-8H2,1-2H3,(H,15,17). The molecule has 18 heavy (non-hydrogen) atoms. The molecule has 0 saturated heterocycles. The zero-order valence-corrected chi connectivity index (χ0v) is 11.3. The summed E-state index contributed by atoms with van der Waals surface area (Å²) in [5, 5.41) is 11.9. The van der Waals surface area contributed by atoms with Crippen LogP contribution in [-0.2, 0) is 11.2 Å². The van der Waals surface area contributed by atoms with Gasteiger partial charge < -0.3 is 10.4 Å². The SMILES string of the molecule is CSC(CO)C(C)NC(=O)Cc1cccc(F)c1. The molecule has 5 heteroatoms. The third kappa shape index (κ3) is 4.66. The number of carbonyl (C=O) groups excluding carboxylic acids is 1. The van der Waals surface area contributed by atoms with E-state index in [1.807, 2.05) is 13.2 Å². The molecular weight excluding hydrogens is 253 g/mol. The van der Waals surface area contributed by atoms with Crippen molar-refractivity contribution >= 4 is 17.7 Å². The second kappa shape index (κ2) is 7.38. The topological polar surface area (TPSA) is 49.3 Å². The molecule has 1 aromatic carbocycles. The molecule has 0 aliphatic rings. The van der Waals surface area contributed by atoms with Crippen LogP contribution in [0.25, 0.3) is 0 Å². The fraction of sp³-hybridized carbons (Fsp3) is 0.462. The lowest BCUT2D eigenvalue weighted by atomic mass is 10.1. The Morgan fingerprint density at radius 1 is 1.56 bits per heavy atom. The van der Waals surface area contributed by atoms with Crippen molar-refractivity contribution in [2.45, 2.75) is 24.6 Å². The van der Waals surface area contributed by atoms with Gasteiger partial charge in [0.05, 0.1) is 13.0 Å². The molecule has 2 N–H and O–H groups in total. The molecule has 2 unspecified atom stereocenters. The Bertz CT molecular complexity index is 396. The smallest absolute Gasteiger partial charge is 0.224 e. The highest BCUT2D eigenvalue weighted by atomic mass is 32.2. The van der Waals surface area contributed by atoms with Crippen LogP contribution in [0, 0.1) is 5.82 Å². The highest BCUT2D eigenvalue weighted by Gasteiger charge is 2.17. The Kier molecular flexibility index (Phi) is 6.15. The highest BCUT2D eigenvalue weighted by Crippen LogP contribution is 2.11. The van der Waals surface area contributed by atoms with Crippen LogP contribution in [0.3, 0.4) is 0 Å². The molecule has 0 saturated carbocycles. The maximum atomic E-state index is 12.9. The molecule has 0 radical (unpaired) electrons. The molecule has 0 heterocycles. The van der Waals surface area contributed by atoms with Crippen LogP contribution in [0.5, 0.6) is 0 Å². The summed E-state index contributed by atoms with van der Waals surface area (Å²) in [4.78, 5) is 11.7. The average molecular weight is 271 g/mol. The molecular formula is C13H18FNO2S. The molecule has 0 spiro atoms. The summed E-state index contributed by atoms with van der Waals surface area (Å²) in [5.74, 6) is -0.508. The monoisotopic (exact) mass is 271 g/mol. The lowest BCUT2D eigenvalue weighted by molar-refractivity contribution is -0.121. The van der Waals surface area contributed by atoms with Crippen molar-refractivity contribution in [2.24, 2.45) is 0 Å². The fourth-order valence-electron chi connectivity index (χ4n) is 1.67. The summed E-state index contributed by atoms with van der Waals surface area (Å²) in [6, 6.07) is 5.87. The Labute approximate surface area is 111 Å². The number of thioether (sulfide) groups is 1. The van der Waals surface area contributed by atoms with Gasteiger partial charge in [-0.3, -0.25) is 4.79 Å². The number of amides is 1. The Balaban J connectivity index is 2.51. The van der Waals surface area contributed by atoms with Gasteiger partial charge in [0, 0.05) is 11.3 Å². The van der Waals surface area contributed by atoms with Crippen molar-refractivity contribution in [3.05, 3.63) is 35.6 Å². The molecule has 0 aliphatic carbocycles. The minimum atomic E-state index is -0.342. The van der Waals surface area contributed by atoms with Gasteiger partial charge in [-0.2, -0.15) is 11.8 Å². The van der Waals surface area contributed by atoms with Crippen LogP contribution in [0.15, 0.2) is 24.3 Å². The van der Waals surface area contributed by atoms with Crippen LogP contribution in [0.4, 0.5) is 4.39 Å². The van der Waals surface area contributed by atoms with Crippen LogP contribution >= 0.6 is 11.8 Å². The van der Waals surface area contributed by atoms with E-state index < -0.39 is 0 Å². The zero-order valence-electron chi connectivity index (χ0n) is 10.5. The molecule has 3 nitrogen and oxygen atoms in total. The van der Waals surface area contributed by atoms with Crippen LogP contribution in [0.1, 0.15) is 12.5 Å². The predicted octanol–water partition coefficient (Wildman–Crippen LogP) is 1.60. The molecule has 1 rings (SSSR count). The van der Waals surface area contributed by atoms with E-state index in [0.717, 1.165) is 0 Å². The van der Waals surface area contributed by atoms with Crippen molar-refractivity contribution in [3.63, 3.8) is 0 Å². The van der Waals surface area contributed by atoms with E-state index in [-0.39, 0.29) is 36.0 Å². The fourth-order valence-corrected chi connectivity index (χ4v) is 2.29. The largest absolute Gasteiger partial charge is 0.395 e. The van der Waals surface area contributed by atoms with Gasteiger partial charge in [-0.25, -0.2) is 4.39 Å². The first kappa shape index (κ1) is 15.0.